The number of nitrogens with zero attached hydrogens (tertiary/aromatic N) is 5. The molecule has 1 fully saturated rings. The number of carbonyl (C=O) groups is 1. The molecule has 2 heterocycles. The lowest BCUT2D eigenvalue weighted by molar-refractivity contribution is -0.132. The van der Waals surface area contributed by atoms with E-state index in [-0.39, 0.29) is 12.0 Å². The van der Waals surface area contributed by atoms with E-state index in [4.69, 9.17) is 4.74 Å². The Morgan fingerprint density at radius 3 is 2.78 bits per heavy atom. The van der Waals surface area contributed by atoms with E-state index in [1.54, 1.807) is 11.8 Å². The summed E-state index contributed by atoms with van der Waals surface area (Å²) in [6.45, 7) is 5.40. The molecule has 7 nitrogen and oxygen atoms in total. The van der Waals surface area contributed by atoms with Crippen LogP contribution in [0.25, 0.3) is 11.8 Å². The molecule has 1 amide bonds. The number of ether oxygens (including phenoxy) is 1. The molecule has 120 valence electrons. The average Bonchev–Trinajstić information content (AvgIpc) is 2.99. The minimum Gasteiger partial charge on any atom is -0.375 e. The number of carbonyl (C=O) groups excluding carboxylic acids is 1. The Morgan fingerprint density at radius 1 is 1.35 bits per heavy atom. The summed E-state index contributed by atoms with van der Waals surface area (Å²) in [5, 5.41) is 11.5. The van der Waals surface area contributed by atoms with Crippen LogP contribution in [0.3, 0.4) is 0 Å². The highest BCUT2D eigenvalue weighted by Crippen LogP contribution is 2.17. The highest BCUT2D eigenvalue weighted by atomic mass is 16.5. The number of tetrazole rings is 1. The Labute approximate surface area is 134 Å². The first-order valence-electron chi connectivity index (χ1n) is 7.58. The summed E-state index contributed by atoms with van der Waals surface area (Å²) in [7, 11) is 0. The molecule has 3 rings (SSSR count). The van der Waals surface area contributed by atoms with Crippen molar-refractivity contribution in [2.24, 2.45) is 0 Å². The maximum atomic E-state index is 13.0. The fraction of sp³-hybridized carbons (Fsp3) is 0.375. The lowest BCUT2D eigenvalue weighted by Gasteiger charge is -2.31. The second-order valence-corrected chi connectivity index (χ2v) is 5.51. The molecular formula is C16H19N5O2. The molecule has 0 unspecified atom stereocenters. The van der Waals surface area contributed by atoms with Crippen molar-refractivity contribution in [2.45, 2.75) is 20.0 Å². The topological polar surface area (TPSA) is 73.1 Å². The van der Waals surface area contributed by atoms with Gasteiger partial charge in [0.15, 0.2) is 5.82 Å². The van der Waals surface area contributed by atoms with Crippen LogP contribution >= 0.6 is 0 Å². The van der Waals surface area contributed by atoms with Crippen molar-refractivity contribution in [3.63, 3.8) is 0 Å². The molecule has 0 bridgehead atoms. The molecule has 1 atom stereocenters. The van der Waals surface area contributed by atoms with Gasteiger partial charge in [0, 0.05) is 13.1 Å². The van der Waals surface area contributed by atoms with Gasteiger partial charge in [-0.1, -0.05) is 30.3 Å². The molecule has 23 heavy (non-hydrogen) atoms. The van der Waals surface area contributed by atoms with E-state index in [1.807, 2.05) is 43.3 Å². The third-order valence-electron chi connectivity index (χ3n) is 3.70. The molecule has 1 saturated heterocycles. The third kappa shape index (κ3) is 3.45. The first-order chi connectivity index (χ1) is 11.1. The molecule has 1 aliphatic rings. The van der Waals surface area contributed by atoms with Gasteiger partial charge in [-0.2, -0.15) is 4.68 Å². The van der Waals surface area contributed by atoms with Crippen molar-refractivity contribution in [1.29, 1.82) is 0 Å². The van der Waals surface area contributed by atoms with E-state index in [1.165, 1.54) is 4.68 Å². The molecule has 2 aromatic rings. The Kier molecular flexibility index (Phi) is 4.47. The highest BCUT2D eigenvalue weighted by molar-refractivity contribution is 6.18. The van der Waals surface area contributed by atoms with Gasteiger partial charge in [-0.25, -0.2) is 0 Å². The van der Waals surface area contributed by atoms with E-state index in [0.717, 1.165) is 5.56 Å². The minimum atomic E-state index is -0.0978. The van der Waals surface area contributed by atoms with Crippen molar-refractivity contribution in [3.8, 4) is 0 Å². The summed E-state index contributed by atoms with van der Waals surface area (Å²) < 4.78 is 6.99. The normalized spacial score (nSPS) is 19.0. The molecule has 0 spiro atoms. The largest absolute Gasteiger partial charge is 0.375 e. The van der Waals surface area contributed by atoms with Crippen molar-refractivity contribution in [1.82, 2.24) is 25.1 Å². The summed E-state index contributed by atoms with van der Waals surface area (Å²) >= 11 is 0. The summed E-state index contributed by atoms with van der Waals surface area (Å²) in [4.78, 5) is 14.8. The molecular weight excluding hydrogens is 294 g/mol. The zero-order valence-corrected chi connectivity index (χ0v) is 13.2. The van der Waals surface area contributed by atoms with Crippen LogP contribution in [0.15, 0.2) is 30.3 Å². The fourth-order valence-electron chi connectivity index (χ4n) is 2.54. The van der Waals surface area contributed by atoms with Crippen LogP contribution in [-0.2, 0) is 9.53 Å². The standard InChI is InChI=1S/C16H19N5O2/c1-12-11-20(8-9-23-12)16(22)15(21-13(2)17-18-19-21)10-14-6-4-3-5-7-14/h3-7,10,12H,8-9,11H2,1-2H3/b15-10+/t12-/m0/s1. The van der Waals surface area contributed by atoms with Gasteiger partial charge >= 0.3 is 0 Å². The molecule has 1 aromatic heterocycles. The summed E-state index contributed by atoms with van der Waals surface area (Å²) in [5.74, 6) is 0.473. The maximum Gasteiger partial charge on any atom is 0.272 e. The van der Waals surface area contributed by atoms with Gasteiger partial charge in [0.2, 0.25) is 0 Å². The van der Waals surface area contributed by atoms with Crippen LogP contribution < -0.4 is 0 Å². The number of hydrogen-bond donors (Lipinski definition) is 0. The molecule has 0 aliphatic carbocycles. The number of amides is 1. The van der Waals surface area contributed by atoms with Crippen LogP contribution in [0.4, 0.5) is 0 Å². The van der Waals surface area contributed by atoms with Crippen molar-refractivity contribution in [3.05, 3.63) is 41.7 Å². The Morgan fingerprint density at radius 2 is 2.13 bits per heavy atom. The predicted octanol–water partition coefficient (Wildman–Crippen LogP) is 1.23. The Bertz CT molecular complexity index is 710. The van der Waals surface area contributed by atoms with Gasteiger partial charge in [0.1, 0.15) is 5.70 Å². The molecule has 0 N–H and O–H groups in total. The zero-order valence-electron chi connectivity index (χ0n) is 13.2. The van der Waals surface area contributed by atoms with Crippen LogP contribution in [-0.4, -0.2) is 56.8 Å². The predicted molar refractivity (Wildman–Crippen MR) is 85.2 cm³/mol. The smallest absolute Gasteiger partial charge is 0.272 e. The lowest BCUT2D eigenvalue weighted by Crippen LogP contribution is -2.45. The maximum absolute atomic E-state index is 13.0. The monoisotopic (exact) mass is 313 g/mol. The molecule has 7 heteroatoms. The zero-order chi connectivity index (χ0) is 16.2. The van der Waals surface area contributed by atoms with E-state index in [0.29, 0.717) is 31.2 Å². The lowest BCUT2D eigenvalue weighted by atomic mass is 10.1. The van der Waals surface area contributed by atoms with Crippen LogP contribution in [0.5, 0.6) is 0 Å². The van der Waals surface area contributed by atoms with Crippen molar-refractivity contribution < 1.29 is 9.53 Å². The summed E-state index contributed by atoms with van der Waals surface area (Å²) in [5.41, 5.74) is 1.36. The second kappa shape index (κ2) is 6.70. The number of rotatable bonds is 3. The number of hydrogen-bond acceptors (Lipinski definition) is 5. The van der Waals surface area contributed by atoms with E-state index < -0.39 is 0 Å². The van der Waals surface area contributed by atoms with E-state index >= 15 is 0 Å². The van der Waals surface area contributed by atoms with E-state index in [9.17, 15) is 4.79 Å². The molecule has 1 aliphatic heterocycles. The van der Waals surface area contributed by atoms with Gasteiger partial charge in [-0.3, -0.25) is 4.79 Å². The minimum absolute atomic E-state index is 0.0284. The Hall–Kier alpha value is -2.54. The highest BCUT2D eigenvalue weighted by Gasteiger charge is 2.26. The quantitative estimate of drug-likeness (QED) is 0.797. The van der Waals surface area contributed by atoms with Crippen LogP contribution in [0.2, 0.25) is 0 Å². The van der Waals surface area contributed by atoms with Crippen LogP contribution in [0, 0.1) is 6.92 Å². The first-order valence-corrected chi connectivity index (χ1v) is 7.58. The molecule has 0 saturated carbocycles. The van der Waals surface area contributed by atoms with Crippen LogP contribution in [0.1, 0.15) is 18.3 Å². The van der Waals surface area contributed by atoms with Gasteiger partial charge in [0.25, 0.3) is 5.91 Å². The second-order valence-electron chi connectivity index (χ2n) is 5.51. The van der Waals surface area contributed by atoms with Crippen molar-refractivity contribution >= 4 is 17.7 Å². The third-order valence-corrected chi connectivity index (χ3v) is 3.70. The molecule has 0 radical (unpaired) electrons. The Balaban J connectivity index is 1.97. The SMILES string of the molecule is Cc1nnnn1/C(=C/c1ccccc1)C(=O)N1CCO[C@@H](C)C1. The van der Waals surface area contributed by atoms with Gasteiger partial charge < -0.3 is 9.64 Å². The average molecular weight is 313 g/mol. The van der Waals surface area contributed by atoms with Crippen molar-refractivity contribution in [2.75, 3.05) is 19.7 Å². The number of aromatic nitrogens is 4. The summed E-state index contributed by atoms with van der Waals surface area (Å²) in [6.07, 6.45) is 1.84. The van der Waals surface area contributed by atoms with Gasteiger partial charge in [-0.15, -0.1) is 5.10 Å². The number of aryl methyl sites for hydroxylation is 1. The fourth-order valence-corrected chi connectivity index (χ4v) is 2.54. The summed E-state index contributed by atoms with van der Waals surface area (Å²) in [6, 6.07) is 9.67. The van der Waals surface area contributed by atoms with Gasteiger partial charge in [-0.05, 0) is 35.9 Å². The first kappa shape index (κ1) is 15.4. The number of benzene rings is 1. The van der Waals surface area contributed by atoms with E-state index in [2.05, 4.69) is 15.5 Å². The molecule has 1 aromatic carbocycles. The number of morpholine rings is 1. The van der Waals surface area contributed by atoms with Gasteiger partial charge in [0.05, 0.1) is 12.7 Å².